The maximum Gasteiger partial charge on any atom is 0.404 e. The van der Waals surface area contributed by atoms with E-state index in [1.54, 1.807) is 30.5 Å². The van der Waals surface area contributed by atoms with Crippen LogP contribution in [0.15, 0.2) is 41.3 Å². The van der Waals surface area contributed by atoms with Gasteiger partial charge in [0.2, 0.25) is 6.79 Å². The lowest BCUT2D eigenvalue weighted by molar-refractivity contribution is 0.174. The summed E-state index contributed by atoms with van der Waals surface area (Å²) in [5.41, 5.74) is 1.75. The molecule has 2 aromatic heterocycles. The second-order valence-electron chi connectivity index (χ2n) is 5.76. The largest absolute Gasteiger partial charge is 0.465 e. The summed E-state index contributed by atoms with van der Waals surface area (Å²) in [6.45, 7) is 2.80. The highest BCUT2D eigenvalue weighted by molar-refractivity contribution is 5.73. The topological polar surface area (TPSA) is 118 Å². The average Bonchev–Trinajstić information content (AvgIpc) is 3.24. The van der Waals surface area contributed by atoms with Gasteiger partial charge in [0.15, 0.2) is 17.1 Å². The van der Waals surface area contributed by atoms with E-state index in [1.165, 1.54) is 4.57 Å². The first-order chi connectivity index (χ1) is 13.1. The minimum absolute atomic E-state index is 0.208. The predicted molar refractivity (Wildman–Crippen MR) is 98.7 cm³/mol. The van der Waals surface area contributed by atoms with Crippen LogP contribution in [0.2, 0.25) is 0 Å². The van der Waals surface area contributed by atoms with Gasteiger partial charge in [-0.1, -0.05) is 13.3 Å². The highest BCUT2D eigenvalue weighted by Gasteiger charge is 2.16. The number of carbonyl (C=O) groups is 1. The quantitative estimate of drug-likeness (QED) is 0.606. The number of amides is 1. The highest BCUT2D eigenvalue weighted by Crippen LogP contribution is 2.33. The number of pyridine rings is 1. The summed E-state index contributed by atoms with van der Waals surface area (Å²) in [6, 6.07) is 8.95. The van der Waals surface area contributed by atoms with Crippen molar-refractivity contribution in [1.82, 2.24) is 19.9 Å². The Morgan fingerprint density at radius 3 is 2.93 bits per heavy atom. The number of aromatic amines is 1. The number of nitrogens with one attached hydrogen (secondary N) is 2. The van der Waals surface area contributed by atoms with Crippen LogP contribution in [0.1, 0.15) is 19.8 Å². The lowest BCUT2D eigenvalue weighted by atomic mass is 10.2. The van der Waals surface area contributed by atoms with Crippen LogP contribution in [0.5, 0.6) is 11.5 Å². The lowest BCUT2D eigenvalue weighted by Gasteiger charge is -2.03. The number of hydrogen-bond donors (Lipinski definition) is 3. The third-order valence-electron chi connectivity index (χ3n) is 3.86. The summed E-state index contributed by atoms with van der Waals surface area (Å²) in [6.07, 6.45) is 2.67. The first-order valence-corrected chi connectivity index (χ1v) is 8.52. The molecular formula is C18H20N4O5. The first kappa shape index (κ1) is 18.3. The van der Waals surface area contributed by atoms with Gasteiger partial charge in [-0.05, 0) is 30.7 Å². The molecule has 27 heavy (non-hydrogen) atoms. The molecule has 4 rings (SSSR count). The third-order valence-corrected chi connectivity index (χ3v) is 3.86. The van der Waals surface area contributed by atoms with Crippen LogP contribution in [-0.2, 0) is 0 Å². The van der Waals surface area contributed by atoms with Crippen molar-refractivity contribution < 1.29 is 19.4 Å². The van der Waals surface area contributed by atoms with Gasteiger partial charge in [0.05, 0.1) is 11.2 Å². The molecule has 0 bridgehead atoms. The zero-order valence-electron chi connectivity index (χ0n) is 14.8. The lowest BCUT2D eigenvalue weighted by Crippen LogP contribution is -2.21. The van der Waals surface area contributed by atoms with Gasteiger partial charge in [-0.25, -0.2) is 19.1 Å². The Bertz CT molecular complexity index is 995. The van der Waals surface area contributed by atoms with Crippen molar-refractivity contribution in [2.24, 2.45) is 0 Å². The molecule has 142 valence electrons. The van der Waals surface area contributed by atoms with Gasteiger partial charge in [0, 0.05) is 18.8 Å². The molecule has 0 saturated heterocycles. The van der Waals surface area contributed by atoms with E-state index in [-0.39, 0.29) is 12.5 Å². The van der Waals surface area contributed by atoms with E-state index in [0.29, 0.717) is 34.9 Å². The Labute approximate surface area is 154 Å². The third kappa shape index (κ3) is 4.20. The van der Waals surface area contributed by atoms with E-state index in [1.807, 2.05) is 13.0 Å². The van der Waals surface area contributed by atoms with Gasteiger partial charge >= 0.3 is 11.8 Å². The molecule has 0 atom stereocenters. The molecule has 0 saturated carbocycles. The molecule has 0 radical (unpaired) electrons. The van der Waals surface area contributed by atoms with Crippen LogP contribution >= 0.6 is 0 Å². The van der Waals surface area contributed by atoms with Crippen molar-refractivity contribution in [1.29, 1.82) is 0 Å². The number of hydrogen-bond acceptors (Lipinski definition) is 5. The number of aromatic nitrogens is 3. The summed E-state index contributed by atoms with van der Waals surface area (Å²) in [4.78, 5) is 28.8. The maximum absolute atomic E-state index is 12.0. The van der Waals surface area contributed by atoms with Gasteiger partial charge in [0.25, 0.3) is 0 Å². The van der Waals surface area contributed by atoms with Gasteiger partial charge in [-0.2, -0.15) is 0 Å². The van der Waals surface area contributed by atoms with E-state index in [2.05, 4.69) is 15.3 Å². The number of unbranched alkanes of at least 4 members (excludes halogenated alkanes) is 1. The standard InChI is InChI=1S/C13H9N3O3.C5H11NO2/c17-13-15-9-2-1-5-14-12(9)16(13)8-3-4-10-11(6-8)19-7-18-10;1-2-3-4-6-5(7)8/h1-6H,7H2,(H,15,17);6H,2-4H2,1H3,(H,7,8). The summed E-state index contributed by atoms with van der Waals surface area (Å²) in [5.74, 6) is 1.32. The fourth-order valence-electron chi connectivity index (χ4n) is 2.58. The van der Waals surface area contributed by atoms with Gasteiger partial charge in [0.1, 0.15) is 0 Å². The van der Waals surface area contributed by atoms with Crippen LogP contribution in [0.4, 0.5) is 4.79 Å². The van der Waals surface area contributed by atoms with Crippen LogP contribution < -0.4 is 20.5 Å². The van der Waals surface area contributed by atoms with Crippen molar-refractivity contribution in [2.75, 3.05) is 13.3 Å². The monoisotopic (exact) mass is 372 g/mol. The molecule has 1 amide bonds. The number of imidazole rings is 1. The molecule has 1 aliphatic rings. The van der Waals surface area contributed by atoms with E-state index in [9.17, 15) is 9.59 Å². The van der Waals surface area contributed by atoms with Gasteiger partial charge in [-0.3, -0.25) is 0 Å². The first-order valence-electron chi connectivity index (χ1n) is 8.52. The molecule has 0 spiro atoms. The minimum Gasteiger partial charge on any atom is -0.465 e. The average molecular weight is 372 g/mol. The van der Waals surface area contributed by atoms with Crippen molar-refractivity contribution in [3.8, 4) is 17.2 Å². The maximum atomic E-state index is 12.0. The summed E-state index contributed by atoms with van der Waals surface area (Å²) < 4.78 is 12.1. The predicted octanol–water partition coefficient (Wildman–Crippen LogP) is 2.50. The second-order valence-corrected chi connectivity index (χ2v) is 5.76. The second kappa shape index (κ2) is 8.26. The fraction of sp³-hybridized carbons (Fsp3) is 0.278. The number of nitrogens with zero attached hydrogens (tertiary/aromatic N) is 2. The molecule has 9 heteroatoms. The number of benzene rings is 1. The van der Waals surface area contributed by atoms with E-state index in [0.717, 1.165) is 12.8 Å². The molecule has 3 aromatic rings. The molecule has 3 heterocycles. The molecule has 9 nitrogen and oxygen atoms in total. The highest BCUT2D eigenvalue weighted by atomic mass is 16.7. The van der Waals surface area contributed by atoms with Crippen LogP contribution in [0.3, 0.4) is 0 Å². The SMILES string of the molecule is CCCCNC(=O)O.O=c1[nH]c2cccnc2n1-c1ccc2c(c1)OCO2. The van der Waals surface area contributed by atoms with E-state index in [4.69, 9.17) is 14.6 Å². The summed E-state index contributed by atoms with van der Waals surface area (Å²) in [7, 11) is 0. The molecule has 3 N–H and O–H groups in total. The summed E-state index contributed by atoms with van der Waals surface area (Å²) >= 11 is 0. The Balaban J connectivity index is 0.000000226. The summed E-state index contributed by atoms with van der Waals surface area (Å²) in [5, 5.41) is 10.3. The number of fused-ring (bicyclic) bond motifs is 2. The zero-order chi connectivity index (χ0) is 19.2. The number of carboxylic acid groups (broad SMARTS) is 1. The van der Waals surface area contributed by atoms with E-state index >= 15 is 0 Å². The van der Waals surface area contributed by atoms with Crippen LogP contribution in [0.25, 0.3) is 16.9 Å². The van der Waals surface area contributed by atoms with Crippen LogP contribution in [0, 0.1) is 0 Å². The minimum atomic E-state index is -0.932. The Morgan fingerprint density at radius 1 is 1.33 bits per heavy atom. The van der Waals surface area contributed by atoms with Crippen LogP contribution in [-0.4, -0.2) is 39.1 Å². The Morgan fingerprint density at radius 2 is 2.15 bits per heavy atom. The normalized spacial score (nSPS) is 11.7. The number of rotatable bonds is 4. The molecule has 0 aliphatic carbocycles. The van der Waals surface area contributed by atoms with Crippen molar-refractivity contribution in [3.63, 3.8) is 0 Å². The number of ether oxygens (including phenoxy) is 2. The molecule has 1 aromatic carbocycles. The van der Waals surface area contributed by atoms with Gasteiger partial charge < -0.3 is 24.9 Å². The Hall–Kier alpha value is -3.49. The Kier molecular flexibility index (Phi) is 5.60. The fourth-order valence-corrected chi connectivity index (χ4v) is 2.58. The molecule has 1 aliphatic heterocycles. The van der Waals surface area contributed by atoms with Crippen molar-refractivity contribution in [3.05, 3.63) is 47.0 Å². The zero-order valence-corrected chi connectivity index (χ0v) is 14.8. The molecule has 0 fully saturated rings. The van der Waals surface area contributed by atoms with Crippen molar-refractivity contribution in [2.45, 2.75) is 19.8 Å². The smallest absolute Gasteiger partial charge is 0.404 e. The van der Waals surface area contributed by atoms with E-state index < -0.39 is 6.09 Å². The van der Waals surface area contributed by atoms with Crippen molar-refractivity contribution >= 4 is 17.3 Å². The number of H-pyrrole nitrogens is 1. The van der Waals surface area contributed by atoms with Gasteiger partial charge in [-0.15, -0.1) is 0 Å². The molecule has 0 unspecified atom stereocenters. The molecular weight excluding hydrogens is 352 g/mol.